The molecule has 0 fully saturated rings. The second kappa shape index (κ2) is 7.11. The second-order valence-corrected chi connectivity index (χ2v) is 4.82. The van der Waals surface area contributed by atoms with Crippen molar-refractivity contribution in [3.63, 3.8) is 0 Å². The SMILES string of the molecule is CC(C)NC(=O)C(=O)N/N=C/c1ccc(Cl)c(Cl)c1. The van der Waals surface area contributed by atoms with Crippen LogP contribution in [-0.4, -0.2) is 24.1 Å². The molecule has 102 valence electrons. The number of benzene rings is 1. The van der Waals surface area contributed by atoms with E-state index in [2.05, 4.69) is 15.8 Å². The molecule has 0 heterocycles. The lowest BCUT2D eigenvalue weighted by molar-refractivity contribution is -0.139. The highest BCUT2D eigenvalue weighted by Crippen LogP contribution is 2.21. The number of hydrogen-bond donors (Lipinski definition) is 2. The number of hydrazone groups is 1. The van der Waals surface area contributed by atoms with Crippen LogP contribution < -0.4 is 10.7 Å². The fourth-order valence-electron chi connectivity index (χ4n) is 1.14. The van der Waals surface area contributed by atoms with Crippen molar-refractivity contribution in [3.05, 3.63) is 33.8 Å². The van der Waals surface area contributed by atoms with Crippen LogP contribution in [0.15, 0.2) is 23.3 Å². The maximum absolute atomic E-state index is 11.3. The smallest absolute Gasteiger partial charge is 0.329 e. The van der Waals surface area contributed by atoms with Crippen LogP contribution in [0.4, 0.5) is 0 Å². The topological polar surface area (TPSA) is 70.6 Å². The zero-order chi connectivity index (χ0) is 14.4. The Morgan fingerprint density at radius 1 is 1.21 bits per heavy atom. The molecule has 0 aliphatic rings. The predicted octanol–water partition coefficient (Wildman–Crippen LogP) is 1.97. The monoisotopic (exact) mass is 301 g/mol. The summed E-state index contributed by atoms with van der Waals surface area (Å²) in [5.41, 5.74) is 2.76. The van der Waals surface area contributed by atoms with Crippen LogP contribution in [0.3, 0.4) is 0 Å². The second-order valence-electron chi connectivity index (χ2n) is 4.00. The zero-order valence-corrected chi connectivity index (χ0v) is 11.9. The molecular formula is C12H13Cl2N3O2. The summed E-state index contributed by atoms with van der Waals surface area (Å²) in [5.74, 6) is -1.56. The molecule has 0 unspecified atom stereocenters. The van der Waals surface area contributed by atoms with Gasteiger partial charge in [0.05, 0.1) is 16.3 Å². The van der Waals surface area contributed by atoms with E-state index >= 15 is 0 Å². The Bertz CT molecular complexity index is 516. The first-order valence-electron chi connectivity index (χ1n) is 5.49. The van der Waals surface area contributed by atoms with E-state index in [9.17, 15) is 9.59 Å². The molecule has 1 aromatic rings. The summed E-state index contributed by atoms with van der Waals surface area (Å²) in [7, 11) is 0. The Balaban J connectivity index is 2.56. The number of rotatable bonds is 3. The van der Waals surface area contributed by atoms with Crippen LogP contribution in [0.25, 0.3) is 0 Å². The number of carbonyl (C=O) groups excluding carboxylic acids is 2. The molecule has 0 atom stereocenters. The van der Waals surface area contributed by atoms with E-state index in [4.69, 9.17) is 23.2 Å². The average molecular weight is 302 g/mol. The van der Waals surface area contributed by atoms with Gasteiger partial charge in [-0.1, -0.05) is 29.3 Å². The first-order chi connectivity index (χ1) is 8.90. The number of nitrogens with zero attached hydrogens (tertiary/aromatic N) is 1. The summed E-state index contributed by atoms with van der Waals surface area (Å²) in [6, 6.07) is 4.77. The molecule has 0 saturated carbocycles. The Labute approximate surface area is 121 Å². The summed E-state index contributed by atoms with van der Waals surface area (Å²) >= 11 is 11.6. The highest BCUT2D eigenvalue weighted by Gasteiger charge is 2.12. The molecule has 0 aliphatic heterocycles. The normalized spacial score (nSPS) is 10.8. The fraction of sp³-hybridized carbons (Fsp3) is 0.250. The van der Waals surface area contributed by atoms with Crippen LogP contribution in [-0.2, 0) is 9.59 Å². The van der Waals surface area contributed by atoms with Gasteiger partial charge in [0.1, 0.15) is 0 Å². The summed E-state index contributed by atoms with van der Waals surface area (Å²) in [6.45, 7) is 3.51. The minimum atomic E-state index is -0.829. The molecule has 1 rings (SSSR count). The van der Waals surface area contributed by atoms with Gasteiger partial charge in [0.15, 0.2) is 0 Å². The molecular weight excluding hydrogens is 289 g/mol. The largest absolute Gasteiger partial charge is 0.346 e. The Kier molecular flexibility index (Phi) is 5.79. The van der Waals surface area contributed by atoms with E-state index < -0.39 is 11.8 Å². The Hall–Kier alpha value is -1.59. The first-order valence-corrected chi connectivity index (χ1v) is 6.24. The van der Waals surface area contributed by atoms with Crippen molar-refractivity contribution in [2.24, 2.45) is 5.10 Å². The van der Waals surface area contributed by atoms with E-state index in [-0.39, 0.29) is 6.04 Å². The van der Waals surface area contributed by atoms with Gasteiger partial charge in [0.2, 0.25) is 0 Å². The average Bonchev–Trinajstić information content (AvgIpc) is 2.32. The van der Waals surface area contributed by atoms with Crippen LogP contribution >= 0.6 is 23.2 Å². The Morgan fingerprint density at radius 2 is 1.89 bits per heavy atom. The number of nitrogens with one attached hydrogen (secondary N) is 2. The third kappa shape index (κ3) is 5.28. The van der Waals surface area contributed by atoms with Gasteiger partial charge >= 0.3 is 11.8 Å². The first kappa shape index (κ1) is 15.5. The highest BCUT2D eigenvalue weighted by molar-refractivity contribution is 6.42. The molecule has 7 heteroatoms. The molecule has 0 spiro atoms. The molecule has 0 aromatic heterocycles. The number of carbonyl (C=O) groups is 2. The molecule has 2 N–H and O–H groups in total. The zero-order valence-electron chi connectivity index (χ0n) is 10.4. The van der Waals surface area contributed by atoms with Gasteiger partial charge in [-0.05, 0) is 31.5 Å². The molecule has 0 saturated heterocycles. The number of halogens is 2. The molecule has 0 bridgehead atoms. The van der Waals surface area contributed by atoms with E-state index in [1.54, 1.807) is 32.0 Å². The minimum absolute atomic E-state index is 0.114. The van der Waals surface area contributed by atoms with Crippen molar-refractivity contribution in [2.75, 3.05) is 0 Å². The van der Waals surface area contributed by atoms with Crippen LogP contribution in [0.2, 0.25) is 10.0 Å². The third-order valence-electron chi connectivity index (χ3n) is 1.95. The predicted molar refractivity (Wildman–Crippen MR) is 75.5 cm³/mol. The van der Waals surface area contributed by atoms with Crippen LogP contribution in [0, 0.1) is 0 Å². The molecule has 2 amide bonds. The summed E-state index contributed by atoms with van der Waals surface area (Å²) in [6.07, 6.45) is 1.36. The van der Waals surface area contributed by atoms with Crippen molar-refractivity contribution in [2.45, 2.75) is 19.9 Å². The standard InChI is InChI=1S/C12H13Cl2N3O2/c1-7(2)16-11(18)12(19)17-15-6-8-3-4-9(13)10(14)5-8/h3-7H,1-2H3,(H,16,18)(H,17,19)/b15-6+. The minimum Gasteiger partial charge on any atom is -0.346 e. The van der Waals surface area contributed by atoms with Crippen molar-refractivity contribution in [1.29, 1.82) is 0 Å². The highest BCUT2D eigenvalue weighted by atomic mass is 35.5. The summed E-state index contributed by atoms with van der Waals surface area (Å²) in [5, 5.41) is 6.91. The van der Waals surface area contributed by atoms with E-state index in [1.807, 2.05) is 0 Å². The van der Waals surface area contributed by atoms with Crippen LogP contribution in [0.1, 0.15) is 19.4 Å². The maximum atomic E-state index is 11.3. The van der Waals surface area contributed by atoms with Gasteiger partial charge < -0.3 is 5.32 Å². The number of amides is 2. The lowest BCUT2D eigenvalue weighted by Gasteiger charge is -2.06. The van der Waals surface area contributed by atoms with Crippen LogP contribution in [0.5, 0.6) is 0 Å². The molecule has 5 nitrogen and oxygen atoms in total. The molecule has 1 aromatic carbocycles. The summed E-state index contributed by atoms with van der Waals surface area (Å²) in [4.78, 5) is 22.6. The van der Waals surface area contributed by atoms with E-state index in [1.165, 1.54) is 6.21 Å². The van der Waals surface area contributed by atoms with Gasteiger partial charge in [0.25, 0.3) is 0 Å². The van der Waals surface area contributed by atoms with Crippen molar-refractivity contribution < 1.29 is 9.59 Å². The summed E-state index contributed by atoms with van der Waals surface area (Å²) < 4.78 is 0. The van der Waals surface area contributed by atoms with Crippen molar-refractivity contribution >= 4 is 41.2 Å². The van der Waals surface area contributed by atoms with Gasteiger partial charge in [-0.3, -0.25) is 9.59 Å². The van der Waals surface area contributed by atoms with Gasteiger partial charge in [-0.15, -0.1) is 0 Å². The fourth-order valence-corrected chi connectivity index (χ4v) is 1.44. The van der Waals surface area contributed by atoms with Gasteiger partial charge in [-0.2, -0.15) is 5.10 Å². The van der Waals surface area contributed by atoms with Crippen molar-refractivity contribution in [1.82, 2.24) is 10.7 Å². The van der Waals surface area contributed by atoms with Gasteiger partial charge in [0, 0.05) is 6.04 Å². The molecule has 0 aliphatic carbocycles. The maximum Gasteiger partial charge on any atom is 0.329 e. The quantitative estimate of drug-likeness (QED) is 0.509. The lowest BCUT2D eigenvalue weighted by atomic mass is 10.2. The number of hydrogen-bond acceptors (Lipinski definition) is 3. The van der Waals surface area contributed by atoms with Crippen molar-refractivity contribution in [3.8, 4) is 0 Å². The molecule has 19 heavy (non-hydrogen) atoms. The molecule has 0 radical (unpaired) electrons. The van der Waals surface area contributed by atoms with Gasteiger partial charge in [-0.25, -0.2) is 5.43 Å². The van der Waals surface area contributed by atoms with E-state index in [0.717, 1.165) is 0 Å². The third-order valence-corrected chi connectivity index (χ3v) is 2.69. The lowest BCUT2D eigenvalue weighted by Crippen LogP contribution is -2.41. The Morgan fingerprint density at radius 3 is 2.47 bits per heavy atom. The van der Waals surface area contributed by atoms with E-state index in [0.29, 0.717) is 15.6 Å².